The number of allylic oxidation sites excluding steroid dienone is 1. The second-order valence-electron chi connectivity index (χ2n) is 24.1. The summed E-state index contributed by atoms with van der Waals surface area (Å²) >= 11 is 0. The molecule has 12 nitrogen and oxygen atoms in total. The lowest BCUT2D eigenvalue weighted by Crippen LogP contribution is -2.61. The summed E-state index contributed by atoms with van der Waals surface area (Å²) in [4.78, 5) is 13.1. The first kappa shape index (κ1) is 75.9. The maximum Gasteiger partial charge on any atom is 0.397 e. The summed E-state index contributed by atoms with van der Waals surface area (Å²) in [5.74, 6) is -0.255. The molecule has 0 bridgehead atoms. The molecule has 1 amide bonds. The molecule has 79 heavy (non-hydrogen) atoms. The van der Waals surface area contributed by atoms with Gasteiger partial charge in [-0.2, -0.15) is 8.42 Å². The van der Waals surface area contributed by atoms with Crippen LogP contribution in [0.2, 0.25) is 0 Å². The molecule has 6 N–H and O–H groups in total. The molecule has 1 rings (SSSR count). The highest BCUT2D eigenvalue weighted by Crippen LogP contribution is 2.26. The Labute approximate surface area is 487 Å². The summed E-state index contributed by atoms with van der Waals surface area (Å²) in [6, 6.07) is -0.940. The molecule has 13 heteroatoms. The maximum absolute atomic E-state index is 13.1. The third-order valence-corrected chi connectivity index (χ3v) is 17.0. The van der Waals surface area contributed by atoms with Crippen LogP contribution in [0.15, 0.2) is 12.2 Å². The van der Waals surface area contributed by atoms with Crippen LogP contribution < -0.4 is 5.32 Å². The third-order valence-electron chi connectivity index (χ3n) is 16.6. The first-order valence-electron chi connectivity index (χ1n) is 34.1. The standard InChI is InChI=1S/C66H129NO11S/c1-3-5-7-9-11-13-15-17-18-19-20-21-22-23-24-25-26-27-28-29-30-31-32-33-34-35-36-37-38-39-40-41-42-44-46-48-50-52-54-56-62(70)67-59(60(69)55-53-51-49-47-45-43-16-14-12-10-8-6-4-2)58-76-66-64(72)65(78-79(73,74)75)63(71)61(57-68)77-66/h53,55,59-61,63-66,68-69,71-72H,3-52,54,56-58H2,1-2H3,(H,67,70)(H,73,74,75)/b55-53+. The smallest absolute Gasteiger partial charge is 0.394 e. The lowest BCUT2D eigenvalue weighted by molar-refractivity contribution is -0.298. The van der Waals surface area contributed by atoms with Crippen molar-refractivity contribution in [2.45, 2.75) is 391 Å². The van der Waals surface area contributed by atoms with Gasteiger partial charge in [0, 0.05) is 6.42 Å². The van der Waals surface area contributed by atoms with Gasteiger partial charge in [0.15, 0.2) is 6.29 Å². The maximum atomic E-state index is 13.1. The van der Waals surface area contributed by atoms with Gasteiger partial charge in [-0.1, -0.05) is 334 Å². The molecule has 0 aromatic carbocycles. The Kier molecular flexibility index (Phi) is 53.8. The predicted molar refractivity (Wildman–Crippen MR) is 329 cm³/mol. The number of ether oxygens (including phenoxy) is 2. The molecular weight excluding hydrogens is 1010 g/mol. The molecule has 0 aromatic rings. The van der Waals surface area contributed by atoms with E-state index in [0.717, 1.165) is 38.5 Å². The van der Waals surface area contributed by atoms with E-state index in [-0.39, 0.29) is 18.9 Å². The van der Waals surface area contributed by atoms with E-state index in [9.17, 15) is 38.2 Å². The number of amides is 1. The van der Waals surface area contributed by atoms with E-state index in [2.05, 4.69) is 23.3 Å². The average Bonchev–Trinajstić information content (AvgIpc) is 3.43. The van der Waals surface area contributed by atoms with Crippen molar-refractivity contribution in [2.75, 3.05) is 13.2 Å². The van der Waals surface area contributed by atoms with E-state index in [0.29, 0.717) is 6.42 Å². The molecular formula is C66H129NO11S. The van der Waals surface area contributed by atoms with Gasteiger partial charge in [0.25, 0.3) is 0 Å². The minimum atomic E-state index is -5.09. The largest absolute Gasteiger partial charge is 0.397 e. The summed E-state index contributed by atoms with van der Waals surface area (Å²) < 4.78 is 47.9. The number of aliphatic hydroxyl groups excluding tert-OH is 4. The molecule has 0 aromatic heterocycles. The van der Waals surface area contributed by atoms with Crippen LogP contribution in [0.3, 0.4) is 0 Å². The van der Waals surface area contributed by atoms with E-state index in [1.807, 2.05) is 6.08 Å². The fourth-order valence-corrected chi connectivity index (χ4v) is 11.9. The van der Waals surface area contributed by atoms with Gasteiger partial charge < -0.3 is 35.2 Å². The van der Waals surface area contributed by atoms with E-state index >= 15 is 0 Å². The molecule has 0 saturated carbocycles. The molecule has 1 saturated heterocycles. The molecule has 1 aliphatic rings. The first-order valence-corrected chi connectivity index (χ1v) is 35.4. The summed E-state index contributed by atoms with van der Waals surface area (Å²) in [6.07, 6.45) is 61.8. The lowest BCUT2D eigenvalue weighted by atomic mass is 9.99. The van der Waals surface area contributed by atoms with Crippen molar-refractivity contribution in [3.63, 3.8) is 0 Å². The van der Waals surface area contributed by atoms with Gasteiger partial charge >= 0.3 is 10.4 Å². The number of unbranched alkanes of at least 4 members (excludes halogenated alkanes) is 49. The molecule has 1 fully saturated rings. The second kappa shape index (κ2) is 56.0. The van der Waals surface area contributed by atoms with Gasteiger partial charge in [-0.3, -0.25) is 9.35 Å². The minimum Gasteiger partial charge on any atom is -0.394 e. The fourth-order valence-electron chi connectivity index (χ4n) is 11.3. The third kappa shape index (κ3) is 47.8. The highest BCUT2D eigenvalue weighted by molar-refractivity contribution is 7.80. The summed E-state index contributed by atoms with van der Waals surface area (Å²) in [5, 5.41) is 45.0. The SMILES string of the molecule is CCCCCCCCCCCCC/C=C/C(O)C(COC1OC(CO)C(O)C(OS(=O)(=O)O)C1O)NC(=O)CCCCCCCCCCCCCCCCCCCCCCCCCCCCCCCCCCCCCCCCC. The van der Waals surface area contributed by atoms with E-state index in [1.54, 1.807) is 6.08 Å². The van der Waals surface area contributed by atoms with Crippen molar-refractivity contribution in [1.82, 2.24) is 5.32 Å². The summed E-state index contributed by atoms with van der Waals surface area (Å²) in [5.41, 5.74) is 0. The summed E-state index contributed by atoms with van der Waals surface area (Å²) in [7, 11) is -5.09. The van der Waals surface area contributed by atoms with Crippen LogP contribution in [0.25, 0.3) is 0 Å². The van der Waals surface area contributed by atoms with Crippen molar-refractivity contribution in [3.05, 3.63) is 12.2 Å². The second-order valence-corrected chi connectivity index (χ2v) is 25.2. The molecule has 7 unspecified atom stereocenters. The predicted octanol–water partition coefficient (Wildman–Crippen LogP) is 17.4. The number of nitrogens with one attached hydrogen (secondary N) is 1. The fraction of sp³-hybridized carbons (Fsp3) is 0.955. The minimum absolute atomic E-state index is 0.255. The Balaban J connectivity index is 2.10. The van der Waals surface area contributed by atoms with Gasteiger partial charge in [-0.25, -0.2) is 4.18 Å². The zero-order chi connectivity index (χ0) is 57.5. The quantitative estimate of drug-likeness (QED) is 0.0193. The highest BCUT2D eigenvalue weighted by Gasteiger charge is 2.48. The van der Waals surface area contributed by atoms with Gasteiger partial charge in [0.2, 0.25) is 5.91 Å². The van der Waals surface area contributed by atoms with Crippen molar-refractivity contribution in [2.24, 2.45) is 0 Å². The topological polar surface area (TPSA) is 192 Å². The van der Waals surface area contributed by atoms with Crippen LogP contribution >= 0.6 is 0 Å². The normalized spacial score (nSPS) is 18.7. The van der Waals surface area contributed by atoms with E-state index < -0.39 is 59.9 Å². The number of carbonyl (C=O) groups is 1. The zero-order valence-electron chi connectivity index (χ0n) is 51.5. The highest BCUT2D eigenvalue weighted by atomic mass is 32.3. The molecule has 0 spiro atoms. The monoisotopic (exact) mass is 1140 g/mol. The van der Waals surface area contributed by atoms with Crippen molar-refractivity contribution in [1.29, 1.82) is 0 Å². The number of carbonyl (C=O) groups excluding carboxylic acids is 1. The number of aliphatic hydroxyl groups is 4. The Morgan fingerprint density at radius 3 is 1.10 bits per heavy atom. The van der Waals surface area contributed by atoms with E-state index in [4.69, 9.17) is 9.47 Å². The number of rotatable bonds is 61. The van der Waals surface area contributed by atoms with Crippen molar-refractivity contribution < 1.29 is 51.8 Å². The lowest BCUT2D eigenvalue weighted by Gasteiger charge is -2.41. The average molecular weight is 1140 g/mol. The van der Waals surface area contributed by atoms with Gasteiger partial charge in [0.05, 0.1) is 25.4 Å². The molecule has 7 atom stereocenters. The van der Waals surface area contributed by atoms with Crippen molar-refractivity contribution in [3.8, 4) is 0 Å². The molecule has 0 aliphatic carbocycles. The van der Waals surface area contributed by atoms with Gasteiger partial charge in [0.1, 0.15) is 24.4 Å². The van der Waals surface area contributed by atoms with Gasteiger partial charge in [-0.05, 0) is 19.3 Å². The first-order chi connectivity index (χ1) is 38.5. The molecule has 0 radical (unpaired) electrons. The number of hydrogen-bond donors (Lipinski definition) is 6. The van der Waals surface area contributed by atoms with Crippen LogP contribution in [0.1, 0.15) is 348 Å². The van der Waals surface area contributed by atoms with Crippen LogP contribution in [0.4, 0.5) is 0 Å². The Morgan fingerprint density at radius 2 is 0.797 bits per heavy atom. The Bertz CT molecular complexity index is 1440. The Hall–Kier alpha value is -1.16. The van der Waals surface area contributed by atoms with Crippen LogP contribution in [0, 0.1) is 0 Å². The summed E-state index contributed by atoms with van der Waals surface area (Å²) in [6.45, 7) is 3.43. The van der Waals surface area contributed by atoms with Crippen LogP contribution in [0.5, 0.6) is 0 Å². The molecule has 1 aliphatic heterocycles. The molecule has 470 valence electrons. The van der Waals surface area contributed by atoms with Gasteiger partial charge in [-0.15, -0.1) is 0 Å². The van der Waals surface area contributed by atoms with Crippen molar-refractivity contribution >= 4 is 16.3 Å². The zero-order valence-corrected chi connectivity index (χ0v) is 52.3. The molecule has 1 heterocycles. The van der Waals surface area contributed by atoms with E-state index in [1.165, 1.54) is 283 Å². The van der Waals surface area contributed by atoms with Crippen LogP contribution in [-0.4, -0.2) is 95.4 Å². The Morgan fingerprint density at radius 1 is 0.494 bits per heavy atom. The van der Waals surface area contributed by atoms with Crippen LogP contribution in [-0.2, 0) is 28.9 Å². The number of hydrogen-bond acceptors (Lipinski definition) is 10.